The van der Waals surface area contributed by atoms with Crippen molar-refractivity contribution in [2.75, 3.05) is 27.2 Å². The van der Waals surface area contributed by atoms with Gasteiger partial charge < -0.3 is 14.7 Å². The minimum atomic E-state index is -0.971. The lowest BCUT2D eigenvalue weighted by molar-refractivity contribution is -0.131. The van der Waals surface area contributed by atoms with Crippen molar-refractivity contribution in [3.63, 3.8) is 0 Å². The predicted molar refractivity (Wildman–Crippen MR) is 87.2 cm³/mol. The van der Waals surface area contributed by atoms with Crippen LogP contribution in [0.3, 0.4) is 0 Å². The Labute approximate surface area is 135 Å². The fourth-order valence-corrected chi connectivity index (χ4v) is 2.99. The fraction of sp³-hybridized carbons (Fsp3) is 0.357. The monoisotopic (exact) mass is 405 g/mol. The summed E-state index contributed by atoms with van der Waals surface area (Å²) in [6, 6.07) is 3.65. The molecule has 0 saturated carbocycles. The van der Waals surface area contributed by atoms with Gasteiger partial charge in [-0.15, -0.1) is 0 Å². The van der Waals surface area contributed by atoms with Gasteiger partial charge in [0.15, 0.2) is 0 Å². The Bertz CT molecular complexity index is 478. The quantitative estimate of drug-likeness (QED) is 0.554. The summed E-state index contributed by atoms with van der Waals surface area (Å²) in [4.78, 5) is 12.6. The molecule has 0 spiro atoms. The van der Waals surface area contributed by atoms with E-state index in [0.717, 1.165) is 39.3 Å². The molecule has 4 nitrogen and oxygen atoms in total. The summed E-state index contributed by atoms with van der Waals surface area (Å²) in [7, 11) is 4.05. The van der Waals surface area contributed by atoms with E-state index >= 15 is 0 Å². The van der Waals surface area contributed by atoms with Gasteiger partial charge in [-0.25, -0.2) is 4.79 Å². The Balaban J connectivity index is 2.71. The molecule has 0 radical (unpaired) electrons. The molecule has 1 aromatic carbocycles. The number of nitrogens with zero attached hydrogens (tertiary/aromatic N) is 1. The Morgan fingerprint density at radius 2 is 1.95 bits per heavy atom. The first-order valence-corrected chi connectivity index (χ1v) is 7.66. The number of hydrogen-bond donors (Lipinski definition) is 1. The van der Waals surface area contributed by atoms with E-state index in [0.29, 0.717) is 6.61 Å². The van der Waals surface area contributed by atoms with Crippen LogP contribution in [0.4, 0.5) is 0 Å². The van der Waals surface area contributed by atoms with Gasteiger partial charge >= 0.3 is 5.97 Å². The third-order valence-electron chi connectivity index (χ3n) is 2.44. The van der Waals surface area contributed by atoms with Crippen LogP contribution in [0.25, 0.3) is 6.08 Å². The van der Waals surface area contributed by atoms with Gasteiger partial charge in [0.25, 0.3) is 0 Å². The molecule has 0 aliphatic rings. The van der Waals surface area contributed by atoms with E-state index in [1.165, 1.54) is 6.08 Å². The first-order chi connectivity index (χ1) is 9.40. The topological polar surface area (TPSA) is 49.8 Å². The summed E-state index contributed by atoms with van der Waals surface area (Å²) in [6.07, 6.45) is 3.58. The average molecular weight is 407 g/mol. The first kappa shape index (κ1) is 17.2. The Hall–Kier alpha value is -0.850. The van der Waals surface area contributed by atoms with Crippen molar-refractivity contribution >= 4 is 43.9 Å². The highest BCUT2D eigenvalue weighted by Crippen LogP contribution is 2.35. The molecule has 0 aromatic heterocycles. The first-order valence-electron chi connectivity index (χ1n) is 6.07. The van der Waals surface area contributed by atoms with Crippen molar-refractivity contribution in [1.29, 1.82) is 0 Å². The van der Waals surface area contributed by atoms with E-state index in [1.807, 2.05) is 26.2 Å². The van der Waals surface area contributed by atoms with Crippen LogP contribution in [0.1, 0.15) is 12.0 Å². The Kier molecular flexibility index (Phi) is 7.26. The second kappa shape index (κ2) is 8.44. The number of rotatable bonds is 7. The van der Waals surface area contributed by atoms with Gasteiger partial charge in [-0.2, -0.15) is 0 Å². The van der Waals surface area contributed by atoms with Crippen LogP contribution in [-0.4, -0.2) is 43.2 Å². The molecule has 110 valence electrons. The minimum absolute atomic E-state index is 0.625. The number of carboxylic acids is 1. The van der Waals surface area contributed by atoms with E-state index in [1.54, 1.807) is 0 Å². The highest BCUT2D eigenvalue weighted by atomic mass is 79.9. The Morgan fingerprint density at radius 1 is 1.35 bits per heavy atom. The summed E-state index contributed by atoms with van der Waals surface area (Å²) in [5, 5.41) is 8.62. The van der Waals surface area contributed by atoms with E-state index in [2.05, 4.69) is 36.8 Å². The predicted octanol–water partition coefficient (Wildman–Crippen LogP) is 3.64. The molecule has 0 amide bonds. The molecule has 0 atom stereocenters. The molecule has 0 bridgehead atoms. The molecule has 20 heavy (non-hydrogen) atoms. The van der Waals surface area contributed by atoms with Crippen molar-refractivity contribution in [3.05, 3.63) is 32.7 Å². The number of ether oxygens (including phenoxy) is 1. The number of aliphatic carboxylic acids is 1. The highest BCUT2D eigenvalue weighted by Gasteiger charge is 2.08. The van der Waals surface area contributed by atoms with Crippen LogP contribution < -0.4 is 4.74 Å². The van der Waals surface area contributed by atoms with Gasteiger partial charge in [-0.05, 0) is 76.1 Å². The van der Waals surface area contributed by atoms with Crippen LogP contribution in [0.5, 0.6) is 5.75 Å². The van der Waals surface area contributed by atoms with Crippen LogP contribution >= 0.6 is 31.9 Å². The van der Waals surface area contributed by atoms with Gasteiger partial charge in [-0.1, -0.05) is 0 Å². The third kappa shape index (κ3) is 6.07. The maximum absolute atomic E-state index is 10.5. The standard InChI is InChI=1S/C14H17Br2NO3/c1-17(2)6-3-7-20-14-11(15)8-10(9-12(14)16)4-5-13(18)19/h4-5,8-9H,3,6-7H2,1-2H3,(H,18,19). The smallest absolute Gasteiger partial charge is 0.328 e. The summed E-state index contributed by atoms with van der Waals surface area (Å²) in [5.74, 6) is -0.238. The summed E-state index contributed by atoms with van der Waals surface area (Å²) in [6.45, 7) is 1.59. The molecular weight excluding hydrogens is 390 g/mol. The zero-order chi connectivity index (χ0) is 15.1. The maximum atomic E-state index is 10.5. The van der Waals surface area contributed by atoms with Gasteiger partial charge in [0.2, 0.25) is 0 Å². The summed E-state index contributed by atoms with van der Waals surface area (Å²) in [5.41, 5.74) is 0.784. The molecule has 1 N–H and O–H groups in total. The van der Waals surface area contributed by atoms with Gasteiger partial charge in [0.05, 0.1) is 15.6 Å². The molecule has 0 unspecified atom stereocenters. The molecule has 1 rings (SSSR count). The van der Waals surface area contributed by atoms with E-state index in [-0.39, 0.29) is 0 Å². The normalized spacial score (nSPS) is 11.2. The Morgan fingerprint density at radius 3 is 2.45 bits per heavy atom. The second-order valence-electron chi connectivity index (χ2n) is 4.49. The highest BCUT2D eigenvalue weighted by molar-refractivity contribution is 9.11. The second-order valence-corrected chi connectivity index (χ2v) is 6.20. The van der Waals surface area contributed by atoms with Crippen LogP contribution in [0, 0.1) is 0 Å². The van der Waals surface area contributed by atoms with Crippen molar-refractivity contribution in [3.8, 4) is 5.75 Å². The van der Waals surface area contributed by atoms with Gasteiger partial charge in [0.1, 0.15) is 5.75 Å². The van der Waals surface area contributed by atoms with Crippen molar-refractivity contribution < 1.29 is 14.6 Å². The van der Waals surface area contributed by atoms with Gasteiger partial charge in [0, 0.05) is 12.6 Å². The summed E-state index contributed by atoms with van der Waals surface area (Å²) < 4.78 is 7.32. The minimum Gasteiger partial charge on any atom is -0.491 e. The number of carbonyl (C=O) groups is 1. The zero-order valence-electron chi connectivity index (χ0n) is 11.4. The van der Waals surface area contributed by atoms with Crippen LogP contribution in [0.15, 0.2) is 27.2 Å². The van der Waals surface area contributed by atoms with Crippen molar-refractivity contribution in [2.24, 2.45) is 0 Å². The fourth-order valence-electron chi connectivity index (χ4n) is 1.54. The molecule has 0 saturated heterocycles. The molecular formula is C14H17Br2NO3. The van der Waals surface area contributed by atoms with Gasteiger partial charge in [-0.3, -0.25) is 0 Å². The third-order valence-corrected chi connectivity index (χ3v) is 3.61. The van der Waals surface area contributed by atoms with Crippen molar-refractivity contribution in [1.82, 2.24) is 4.90 Å². The van der Waals surface area contributed by atoms with Crippen molar-refractivity contribution in [2.45, 2.75) is 6.42 Å². The molecule has 0 fully saturated rings. The number of benzene rings is 1. The van der Waals surface area contributed by atoms with E-state index in [9.17, 15) is 4.79 Å². The molecule has 0 heterocycles. The molecule has 0 aliphatic carbocycles. The maximum Gasteiger partial charge on any atom is 0.328 e. The van der Waals surface area contributed by atoms with E-state index in [4.69, 9.17) is 9.84 Å². The van der Waals surface area contributed by atoms with E-state index < -0.39 is 5.97 Å². The lowest BCUT2D eigenvalue weighted by Gasteiger charge is -2.13. The molecule has 1 aromatic rings. The lowest BCUT2D eigenvalue weighted by Crippen LogP contribution is -2.15. The molecule has 0 aliphatic heterocycles. The number of hydrogen-bond acceptors (Lipinski definition) is 3. The van der Waals surface area contributed by atoms with Crippen LogP contribution in [-0.2, 0) is 4.79 Å². The summed E-state index contributed by atoms with van der Waals surface area (Å²) >= 11 is 6.88. The SMILES string of the molecule is CN(C)CCCOc1c(Br)cc(C=CC(=O)O)cc1Br. The number of carboxylic acid groups (broad SMARTS) is 1. The average Bonchev–Trinajstić information content (AvgIpc) is 2.34. The lowest BCUT2D eigenvalue weighted by atomic mass is 10.2. The zero-order valence-corrected chi connectivity index (χ0v) is 14.6. The molecule has 6 heteroatoms. The number of halogens is 2. The largest absolute Gasteiger partial charge is 0.491 e. The van der Waals surface area contributed by atoms with Crippen LogP contribution in [0.2, 0.25) is 0 Å².